The van der Waals surface area contributed by atoms with Gasteiger partial charge in [-0.25, -0.2) is 0 Å². The van der Waals surface area contributed by atoms with Gasteiger partial charge in [-0.1, -0.05) is 37.3 Å². The first-order valence-corrected chi connectivity index (χ1v) is 6.27. The second-order valence-electron chi connectivity index (χ2n) is 2.88. The third-order valence-electron chi connectivity index (χ3n) is 1.66. The van der Waals surface area contributed by atoms with Gasteiger partial charge in [-0.2, -0.15) is 0 Å². The molecular weight excluding hydrogens is 331 g/mol. The van der Waals surface area contributed by atoms with Crippen LogP contribution in [0.5, 0.6) is 0 Å². The quantitative estimate of drug-likeness (QED) is 0.242. The molecule has 0 heterocycles. The molecule has 0 spiro atoms. The average Bonchev–Trinajstić information content (AvgIpc) is 2.08. The maximum absolute atomic E-state index is 4.76. The zero-order valence-electron chi connectivity index (χ0n) is 9.95. The molecule has 0 aliphatic rings. The van der Waals surface area contributed by atoms with Crippen LogP contribution in [0.2, 0.25) is 0 Å². The Morgan fingerprint density at radius 1 is 0.750 bits per heavy atom. The first kappa shape index (κ1) is 24.8. The number of thiol groups is 2. The third kappa shape index (κ3) is 22.9. The van der Waals surface area contributed by atoms with Crippen molar-refractivity contribution in [2.75, 3.05) is 13.1 Å². The van der Waals surface area contributed by atoms with Gasteiger partial charge >= 0.3 is 0 Å². The minimum absolute atomic E-state index is 0. The van der Waals surface area contributed by atoms with Gasteiger partial charge in [0.05, 0.1) is 0 Å². The SMILES string of the molecule is S=C(S)NCCCCCCNC(=S)S.[K].[K]. The van der Waals surface area contributed by atoms with Gasteiger partial charge in [-0.05, 0) is 12.8 Å². The summed E-state index contributed by atoms with van der Waals surface area (Å²) in [6.45, 7) is 1.83. The first-order chi connectivity index (χ1) is 6.63. The summed E-state index contributed by atoms with van der Waals surface area (Å²) in [5.41, 5.74) is 0. The Morgan fingerprint density at radius 3 is 1.31 bits per heavy atom. The Bertz CT molecular complexity index is 173. The van der Waals surface area contributed by atoms with Crippen molar-refractivity contribution in [2.24, 2.45) is 0 Å². The van der Waals surface area contributed by atoms with E-state index >= 15 is 0 Å². The van der Waals surface area contributed by atoms with Crippen LogP contribution in [0.4, 0.5) is 0 Å². The molecule has 8 heteroatoms. The molecule has 0 bridgehead atoms. The van der Waals surface area contributed by atoms with E-state index in [2.05, 4.69) is 35.9 Å². The van der Waals surface area contributed by atoms with Crippen molar-refractivity contribution < 1.29 is 0 Å². The number of unbranched alkanes of at least 4 members (excludes halogenated alkanes) is 3. The Morgan fingerprint density at radius 2 is 1.06 bits per heavy atom. The molecule has 0 aromatic carbocycles. The van der Waals surface area contributed by atoms with Crippen molar-refractivity contribution in [3.63, 3.8) is 0 Å². The van der Waals surface area contributed by atoms with Gasteiger partial charge in [0.15, 0.2) is 0 Å². The fourth-order valence-electron chi connectivity index (χ4n) is 0.994. The maximum Gasteiger partial charge on any atom is 0.130 e. The molecule has 0 unspecified atom stereocenters. The molecule has 84 valence electrons. The molecule has 0 amide bonds. The summed E-state index contributed by atoms with van der Waals surface area (Å²) in [6, 6.07) is 0. The van der Waals surface area contributed by atoms with E-state index in [1.165, 1.54) is 12.8 Å². The maximum atomic E-state index is 4.76. The van der Waals surface area contributed by atoms with Crippen LogP contribution in [0, 0.1) is 0 Å². The molecule has 16 heavy (non-hydrogen) atoms. The van der Waals surface area contributed by atoms with Gasteiger partial charge in [-0.15, -0.1) is 25.3 Å². The van der Waals surface area contributed by atoms with Crippen molar-refractivity contribution >= 4 is 161 Å². The summed E-state index contributed by atoms with van der Waals surface area (Å²) in [4.78, 5) is 0. The first-order valence-electron chi connectivity index (χ1n) is 4.56. The number of thiocarbonyl (C=S) groups is 2. The Hall–Kier alpha value is 3.75. The number of hydrogen-bond donors (Lipinski definition) is 4. The average molecular weight is 347 g/mol. The van der Waals surface area contributed by atoms with E-state index in [9.17, 15) is 0 Å². The summed E-state index contributed by atoms with van der Waals surface area (Å²) in [7, 11) is 0. The van der Waals surface area contributed by atoms with E-state index in [4.69, 9.17) is 24.4 Å². The number of rotatable bonds is 7. The van der Waals surface area contributed by atoms with Crippen molar-refractivity contribution in [3.05, 3.63) is 0 Å². The van der Waals surface area contributed by atoms with Gasteiger partial charge in [0.2, 0.25) is 0 Å². The van der Waals surface area contributed by atoms with E-state index in [0.717, 1.165) is 25.9 Å². The molecule has 0 fully saturated rings. The number of hydrogen-bond acceptors (Lipinski definition) is 2. The van der Waals surface area contributed by atoms with E-state index < -0.39 is 0 Å². The van der Waals surface area contributed by atoms with Crippen LogP contribution in [-0.2, 0) is 0 Å². The third-order valence-corrected chi connectivity index (χ3v) is 2.26. The fraction of sp³-hybridized carbons (Fsp3) is 0.750. The monoisotopic (exact) mass is 346 g/mol. The van der Waals surface area contributed by atoms with Crippen LogP contribution in [0.15, 0.2) is 0 Å². The van der Waals surface area contributed by atoms with E-state index in [-0.39, 0.29) is 103 Å². The molecule has 2 nitrogen and oxygen atoms in total. The van der Waals surface area contributed by atoms with E-state index in [0.29, 0.717) is 8.64 Å². The molecule has 2 N–H and O–H groups in total. The Kier molecular flexibility index (Phi) is 29.0. The summed E-state index contributed by atoms with van der Waals surface area (Å²) in [5, 5.41) is 6.00. The molecule has 0 aromatic heterocycles. The summed E-state index contributed by atoms with van der Waals surface area (Å²) >= 11 is 17.5. The zero-order valence-corrected chi connectivity index (χ0v) is 19.6. The minimum atomic E-state index is 0. The fourth-order valence-corrected chi connectivity index (χ4v) is 1.42. The van der Waals surface area contributed by atoms with Crippen LogP contribution < -0.4 is 10.6 Å². The molecule has 0 saturated carbocycles. The van der Waals surface area contributed by atoms with Crippen molar-refractivity contribution in [3.8, 4) is 0 Å². The van der Waals surface area contributed by atoms with Crippen LogP contribution in [0.3, 0.4) is 0 Å². The Labute approximate surface area is 205 Å². The van der Waals surface area contributed by atoms with Crippen LogP contribution in [0.1, 0.15) is 25.7 Å². The van der Waals surface area contributed by atoms with Crippen LogP contribution in [-0.4, -0.2) is 124 Å². The summed E-state index contributed by atoms with van der Waals surface area (Å²) in [6.07, 6.45) is 4.66. The van der Waals surface area contributed by atoms with Gasteiger partial charge < -0.3 is 10.6 Å². The second kappa shape index (κ2) is 18.8. The van der Waals surface area contributed by atoms with Crippen molar-refractivity contribution in [1.82, 2.24) is 10.6 Å². The number of nitrogens with one attached hydrogen (secondary N) is 2. The van der Waals surface area contributed by atoms with E-state index in [1.54, 1.807) is 0 Å². The second-order valence-corrected chi connectivity index (χ2v) is 5.19. The van der Waals surface area contributed by atoms with Gasteiger partial charge in [0.1, 0.15) is 8.64 Å². The van der Waals surface area contributed by atoms with Gasteiger partial charge in [0.25, 0.3) is 0 Å². The molecule has 2 radical (unpaired) electrons. The molecule has 0 rings (SSSR count). The molecule has 0 atom stereocenters. The summed E-state index contributed by atoms with van der Waals surface area (Å²) in [5.74, 6) is 0. The predicted molar refractivity (Wildman–Crippen MR) is 89.1 cm³/mol. The predicted octanol–water partition coefficient (Wildman–Crippen LogP) is 1.39. The Balaban J connectivity index is -0.000000845. The largest absolute Gasteiger partial charge is 0.371 e. The molecular formula is C8H16K2N2S4. The van der Waals surface area contributed by atoms with Crippen molar-refractivity contribution in [2.45, 2.75) is 25.7 Å². The zero-order chi connectivity index (χ0) is 10.8. The van der Waals surface area contributed by atoms with Gasteiger partial charge in [-0.3, -0.25) is 0 Å². The summed E-state index contributed by atoms with van der Waals surface area (Å²) < 4.78 is 1.15. The molecule has 0 saturated heterocycles. The van der Waals surface area contributed by atoms with E-state index in [1.807, 2.05) is 0 Å². The minimum Gasteiger partial charge on any atom is -0.371 e. The normalized spacial score (nSPS) is 8.38. The van der Waals surface area contributed by atoms with Gasteiger partial charge in [0, 0.05) is 116 Å². The van der Waals surface area contributed by atoms with Crippen LogP contribution in [0.25, 0.3) is 0 Å². The molecule has 0 aliphatic carbocycles. The standard InChI is InChI=1S/C8H16N2S4.2K/c11-7(12)9-5-3-1-2-4-6-10-8(13)14;;/h1-6H2,(H2,9,11,12)(H2,10,13,14);;. The molecule has 0 aromatic rings. The topological polar surface area (TPSA) is 24.1 Å². The molecule has 0 aliphatic heterocycles. The van der Waals surface area contributed by atoms with Crippen LogP contribution >= 0.6 is 49.7 Å². The smallest absolute Gasteiger partial charge is 0.130 e. The van der Waals surface area contributed by atoms with Crippen molar-refractivity contribution in [1.29, 1.82) is 0 Å².